The Kier molecular flexibility index (Phi) is 7.87. The van der Waals surface area contributed by atoms with Crippen LogP contribution in [0.15, 0.2) is 12.1 Å². The van der Waals surface area contributed by atoms with E-state index in [4.69, 9.17) is 14.6 Å². The van der Waals surface area contributed by atoms with E-state index in [2.05, 4.69) is 5.32 Å². The van der Waals surface area contributed by atoms with Crippen molar-refractivity contribution in [1.82, 2.24) is 10.2 Å². The maximum atomic E-state index is 12.8. The number of nitrogens with two attached hydrogens (primary N) is 1. The minimum atomic E-state index is -3.51. The van der Waals surface area contributed by atoms with Gasteiger partial charge in [0.1, 0.15) is 0 Å². The lowest BCUT2D eigenvalue weighted by Crippen LogP contribution is -2.48. The van der Waals surface area contributed by atoms with Gasteiger partial charge >= 0.3 is 0 Å². The van der Waals surface area contributed by atoms with Crippen LogP contribution < -0.4 is 19.9 Å². The number of carbonyl (C=O) groups is 1. The summed E-state index contributed by atoms with van der Waals surface area (Å²) in [5.74, 6) is -0.523. The van der Waals surface area contributed by atoms with Crippen LogP contribution in [0.4, 0.5) is 5.69 Å². The number of sulfonamides is 1. The molecule has 2 heterocycles. The molecule has 1 aromatic rings. The van der Waals surface area contributed by atoms with Crippen molar-refractivity contribution in [3.63, 3.8) is 0 Å². The number of benzene rings is 1. The van der Waals surface area contributed by atoms with Crippen molar-refractivity contribution in [1.29, 1.82) is 0 Å². The normalized spacial score (nSPS) is 21.6. The van der Waals surface area contributed by atoms with E-state index in [-0.39, 0.29) is 41.0 Å². The molecule has 1 fully saturated rings. The number of ether oxygens (including phenoxy) is 2. The van der Waals surface area contributed by atoms with Crippen LogP contribution in [0.2, 0.25) is 0 Å². The van der Waals surface area contributed by atoms with Crippen LogP contribution >= 0.6 is 0 Å². The molecule has 1 saturated heterocycles. The van der Waals surface area contributed by atoms with Gasteiger partial charge in [-0.05, 0) is 25.9 Å². The number of hydrogen-bond donors (Lipinski definition) is 3. The molecule has 1 amide bonds. The maximum Gasteiger partial charge on any atom is 0.274 e. The fraction of sp³-hybridized carbons (Fsp3) is 0.632. The Labute approximate surface area is 185 Å². The number of carbonyl (C=O) groups excluding carboxylic acids is 1. The molecule has 32 heavy (non-hydrogen) atoms. The number of nitro groups is 1. The quantitative estimate of drug-likeness (QED) is 0.343. The molecule has 0 aliphatic carbocycles. The van der Waals surface area contributed by atoms with E-state index in [1.165, 1.54) is 6.07 Å². The third-order valence-electron chi connectivity index (χ3n) is 5.52. The number of β-amino-alcohol motifs (C(OH)–C–C–N with tert-alkyl or cyclic N) is 1. The Bertz CT molecular complexity index is 955. The molecule has 2 aliphatic rings. The number of non-ortho nitro benzene ring substituents is 1. The number of primary sulfonamides is 1. The number of nitro benzene ring substituents is 1. The number of nitrogens with zero attached hydrogens (tertiary/aromatic N) is 2. The molecule has 12 nitrogen and oxygen atoms in total. The van der Waals surface area contributed by atoms with Crippen LogP contribution in [0.3, 0.4) is 0 Å². The molecule has 0 saturated carbocycles. The lowest BCUT2D eigenvalue weighted by Gasteiger charge is -2.36. The van der Waals surface area contributed by atoms with Crippen molar-refractivity contribution < 1.29 is 32.7 Å². The summed E-state index contributed by atoms with van der Waals surface area (Å²) in [5, 5.41) is 29.5. The van der Waals surface area contributed by atoms with Crippen molar-refractivity contribution >= 4 is 21.6 Å². The molecule has 4 N–H and O–H groups in total. The van der Waals surface area contributed by atoms with Gasteiger partial charge in [-0.15, -0.1) is 0 Å². The average Bonchev–Trinajstić information content (AvgIpc) is 2.96. The Morgan fingerprint density at radius 2 is 2.09 bits per heavy atom. The Morgan fingerprint density at radius 3 is 2.78 bits per heavy atom. The number of likely N-dealkylation sites (tertiary alicyclic amines) is 1. The van der Waals surface area contributed by atoms with E-state index in [1.54, 1.807) is 0 Å². The van der Waals surface area contributed by atoms with Gasteiger partial charge in [0.25, 0.3) is 11.6 Å². The van der Waals surface area contributed by atoms with Gasteiger partial charge in [-0.2, -0.15) is 0 Å². The zero-order valence-corrected chi connectivity index (χ0v) is 18.4. The SMILES string of the molecule is NS(=O)(=O)CCCN1CC[C@@H](CNC(=O)c2cc([N+](=O)[O-])cc3c2OCCCO3)C(O)C1. The smallest absolute Gasteiger partial charge is 0.274 e. The molecule has 1 aromatic carbocycles. The average molecular weight is 473 g/mol. The number of rotatable bonds is 8. The summed E-state index contributed by atoms with van der Waals surface area (Å²) in [5.41, 5.74) is -0.252. The first kappa shape index (κ1) is 24.2. The molecule has 0 bridgehead atoms. The molecule has 0 spiro atoms. The van der Waals surface area contributed by atoms with Crippen molar-refractivity contribution in [3.05, 3.63) is 27.8 Å². The van der Waals surface area contributed by atoms with Crippen molar-refractivity contribution in [2.24, 2.45) is 11.1 Å². The zero-order chi connectivity index (χ0) is 23.3. The van der Waals surface area contributed by atoms with E-state index in [1.807, 2.05) is 4.90 Å². The first-order valence-electron chi connectivity index (χ1n) is 10.4. The molecular formula is C19H28N4O8S. The maximum absolute atomic E-state index is 12.8. The number of aliphatic hydroxyl groups is 1. The van der Waals surface area contributed by atoms with Gasteiger partial charge < -0.3 is 24.8 Å². The van der Waals surface area contributed by atoms with Gasteiger partial charge in [-0.1, -0.05) is 0 Å². The van der Waals surface area contributed by atoms with E-state index >= 15 is 0 Å². The van der Waals surface area contributed by atoms with E-state index in [9.17, 15) is 28.4 Å². The Hall–Kier alpha value is -2.48. The number of nitrogens with one attached hydrogen (secondary N) is 1. The second-order valence-corrected chi connectivity index (χ2v) is 9.71. The predicted octanol–water partition coefficient (Wildman–Crippen LogP) is -0.153. The number of aliphatic hydroxyl groups excluding tert-OH is 1. The highest BCUT2D eigenvalue weighted by Crippen LogP contribution is 2.37. The number of piperidine rings is 1. The summed E-state index contributed by atoms with van der Waals surface area (Å²) in [7, 11) is -3.51. The van der Waals surface area contributed by atoms with E-state index in [0.29, 0.717) is 52.1 Å². The molecule has 1 unspecified atom stereocenters. The second-order valence-electron chi connectivity index (χ2n) is 7.98. The van der Waals surface area contributed by atoms with E-state index in [0.717, 1.165) is 6.07 Å². The molecule has 3 rings (SSSR count). The van der Waals surface area contributed by atoms with Crippen LogP contribution in [0, 0.1) is 16.0 Å². The minimum Gasteiger partial charge on any atom is -0.489 e. The van der Waals surface area contributed by atoms with Gasteiger partial charge in [-0.25, -0.2) is 13.6 Å². The Balaban J connectivity index is 1.59. The molecular weight excluding hydrogens is 444 g/mol. The van der Waals surface area contributed by atoms with Crippen LogP contribution in [-0.2, 0) is 10.0 Å². The van der Waals surface area contributed by atoms with Crippen LogP contribution in [-0.4, -0.2) is 80.5 Å². The molecule has 0 radical (unpaired) electrons. The summed E-state index contributed by atoms with van der Waals surface area (Å²) < 4.78 is 33.2. The number of fused-ring (bicyclic) bond motifs is 1. The van der Waals surface area contributed by atoms with Crippen LogP contribution in [0.5, 0.6) is 11.5 Å². The van der Waals surface area contributed by atoms with Gasteiger partial charge in [0.15, 0.2) is 11.5 Å². The van der Waals surface area contributed by atoms with Gasteiger partial charge in [0.2, 0.25) is 10.0 Å². The van der Waals surface area contributed by atoms with Crippen LogP contribution in [0.1, 0.15) is 29.6 Å². The summed E-state index contributed by atoms with van der Waals surface area (Å²) in [6.07, 6.45) is 0.863. The highest BCUT2D eigenvalue weighted by atomic mass is 32.2. The first-order chi connectivity index (χ1) is 15.1. The monoisotopic (exact) mass is 472 g/mol. The first-order valence-corrected chi connectivity index (χ1v) is 12.1. The molecule has 2 atom stereocenters. The third-order valence-corrected chi connectivity index (χ3v) is 6.38. The minimum absolute atomic E-state index is 0.0195. The highest BCUT2D eigenvalue weighted by Gasteiger charge is 2.29. The van der Waals surface area contributed by atoms with Gasteiger partial charge in [0, 0.05) is 31.5 Å². The van der Waals surface area contributed by atoms with Crippen molar-refractivity contribution in [3.8, 4) is 11.5 Å². The zero-order valence-electron chi connectivity index (χ0n) is 17.6. The van der Waals surface area contributed by atoms with Gasteiger partial charge in [-0.3, -0.25) is 14.9 Å². The molecule has 13 heteroatoms. The van der Waals surface area contributed by atoms with Crippen molar-refractivity contribution in [2.45, 2.75) is 25.4 Å². The molecule has 0 aromatic heterocycles. The third kappa shape index (κ3) is 6.51. The fourth-order valence-electron chi connectivity index (χ4n) is 3.83. The molecule has 2 aliphatic heterocycles. The van der Waals surface area contributed by atoms with Crippen LogP contribution in [0.25, 0.3) is 0 Å². The lowest BCUT2D eigenvalue weighted by molar-refractivity contribution is -0.385. The topological polar surface area (TPSA) is 174 Å². The largest absolute Gasteiger partial charge is 0.489 e. The summed E-state index contributed by atoms with van der Waals surface area (Å²) in [6.45, 7) is 2.34. The van der Waals surface area contributed by atoms with Crippen molar-refractivity contribution in [2.75, 3.05) is 45.1 Å². The van der Waals surface area contributed by atoms with E-state index < -0.39 is 27.0 Å². The summed E-state index contributed by atoms with van der Waals surface area (Å²) in [6, 6.07) is 2.40. The van der Waals surface area contributed by atoms with Gasteiger partial charge in [0.05, 0.1) is 41.6 Å². The summed E-state index contributed by atoms with van der Waals surface area (Å²) in [4.78, 5) is 25.4. The fourth-order valence-corrected chi connectivity index (χ4v) is 4.36. The highest BCUT2D eigenvalue weighted by molar-refractivity contribution is 7.89. The second kappa shape index (κ2) is 10.4. The predicted molar refractivity (Wildman–Crippen MR) is 114 cm³/mol. The number of hydrogen-bond acceptors (Lipinski definition) is 9. The standard InChI is InChI=1S/C19H28N4O8S/c20-32(28,29)8-1-4-22-5-3-13(16(24)12-22)11-21-19(25)15-9-14(23(26)27)10-17-18(15)31-7-2-6-30-17/h9-10,13,16,24H,1-8,11-12H2,(H,21,25)(H2,20,28,29)/t13-,16?/m0/s1. The lowest BCUT2D eigenvalue weighted by atomic mass is 9.93. The Morgan fingerprint density at radius 1 is 1.34 bits per heavy atom. The molecule has 178 valence electrons. The summed E-state index contributed by atoms with van der Waals surface area (Å²) >= 11 is 0. The number of amides is 1.